The predicted molar refractivity (Wildman–Crippen MR) is 54.1 cm³/mol. The van der Waals surface area contributed by atoms with Gasteiger partial charge in [-0.3, -0.25) is 4.52 Å². The zero-order valence-corrected chi connectivity index (χ0v) is 9.15. The molecule has 1 aromatic carbocycles. The van der Waals surface area contributed by atoms with Crippen LogP contribution in [0.5, 0.6) is 5.75 Å². The molecule has 0 saturated carbocycles. The van der Waals surface area contributed by atoms with E-state index in [1.54, 1.807) is 18.2 Å². The number of hydrogen-bond acceptors (Lipinski definition) is 4. The zero-order chi connectivity index (χ0) is 11.3. The Hall–Kier alpha value is -1.03. The fourth-order valence-electron chi connectivity index (χ4n) is 0.766. The molecule has 0 aromatic heterocycles. The third kappa shape index (κ3) is 4.83. The SMILES string of the molecule is O=C(O)COP(=O)(Cl)Oc1ccccc1. The number of carbonyl (C=O) groups is 1. The smallest absolute Gasteiger partial charge is 0.477 e. The maximum Gasteiger partial charge on any atom is 0.477 e. The van der Waals surface area contributed by atoms with E-state index in [1.807, 2.05) is 0 Å². The van der Waals surface area contributed by atoms with Crippen molar-refractivity contribution in [2.45, 2.75) is 0 Å². The maximum absolute atomic E-state index is 11.3. The molecule has 0 bridgehead atoms. The van der Waals surface area contributed by atoms with Crippen molar-refractivity contribution in [3.63, 3.8) is 0 Å². The summed E-state index contributed by atoms with van der Waals surface area (Å²) in [4.78, 5) is 10.1. The van der Waals surface area contributed by atoms with Crippen molar-refractivity contribution in [3.8, 4) is 5.75 Å². The lowest BCUT2D eigenvalue weighted by molar-refractivity contribution is -0.139. The van der Waals surface area contributed by atoms with E-state index in [4.69, 9.17) is 20.9 Å². The molecule has 0 aliphatic heterocycles. The Kier molecular flexibility index (Phi) is 4.15. The number of hydrogen-bond donors (Lipinski definition) is 1. The van der Waals surface area contributed by atoms with Crippen molar-refractivity contribution >= 4 is 24.2 Å². The Morgan fingerprint density at radius 1 is 1.40 bits per heavy atom. The van der Waals surface area contributed by atoms with Gasteiger partial charge in [0.2, 0.25) is 0 Å². The number of halogens is 1. The zero-order valence-electron chi connectivity index (χ0n) is 7.50. The highest BCUT2D eigenvalue weighted by atomic mass is 35.7. The van der Waals surface area contributed by atoms with Crippen molar-refractivity contribution < 1.29 is 23.5 Å². The van der Waals surface area contributed by atoms with E-state index in [9.17, 15) is 9.36 Å². The molecule has 0 radical (unpaired) electrons. The fourth-order valence-corrected chi connectivity index (χ4v) is 1.84. The molecule has 1 atom stereocenters. The lowest BCUT2D eigenvalue weighted by Crippen LogP contribution is -2.05. The molecule has 5 nitrogen and oxygen atoms in total. The van der Waals surface area contributed by atoms with Gasteiger partial charge in [0, 0.05) is 11.2 Å². The number of rotatable bonds is 5. The molecule has 82 valence electrons. The van der Waals surface area contributed by atoms with Crippen LogP contribution in [0.25, 0.3) is 0 Å². The highest BCUT2D eigenvalue weighted by Crippen LogP contribution is 2.53. The van der Waals surface area contributed by atoms with Gasteiger partial charge in [0.1, 0.15) is 5.75 Å². The molecule has 0 heterocycles. The highest BCUT2D eigenvalue weighted by Gasteiger charge is 2.23. The van der Waals surface area contributed by atoms with E-state index in [-0.39, 0.29) is 5.75 Å². The van der Waals surface area contributed by atoms with Crippen LogP contribution in [0, 0.1) is 0 Å². The van der Waals surface area contributed by atoms with Crippen LogP contribution < -0.4 is 4.52 Å². The van der Waals surface area contributed by atoms with Crippen LogP contribution in [0.15, 0.2) is 30.3 Å². The molecule has 1 rings (SSSR count). The lowest BCUT2D eigenvalue weighted by Gasteiger charge is -2.10. The van der Waals surface area contributed by atoms with E-state index in [0.29, 0.717) is 0 Å². The first-order valence-electron chi connectivity index (χ1n) is 3.90. The summed E-state index contributed by atoms with van der Waals surface area (Å²) < 4.78 is 20.5. The first-order valence-corrected chi connectivity index (χ1v) is 6.35. The van der Waals surface area contributed by atoms with Crippen LogP contribution >= 0.6 is 18.2 Å². The molecule has 15 heavy (non-hydrogen) atoms. The van der Waals surface area contributed by atoms with Crippen molar-refractivity contribution in [3.05, 3.63) is 30.3 Å². The second-order valence-electron chi connectivity index (χ2n) is 2.50. The quantitative estimate of drug-likeness (QED) is 0.813. The van der Waals surface area contributed by atoms with Gasteiger partial charge in [-0.1, -0.05) is 18.2 Å². The normalized spacial score (nSPS) is 14.2. The molecule has 1 unspecified atom stereocenters. The van der Waals surface area contributed by atoms with Crippen LogP contribution in [0.3, 0.4) is 0 Å². The van der Waals surface area contributed by atoms with E-state index < -0.39 is 19.5 Å². The molecule has 1 N–H and O–H groups in total. The summed E-state index contributed by atoms with van der Waals surface area (Å²) >= 11 is 5.36. The molecular weight excluding hydrogens is 243 g/mol. The van der Waals surface area contributed by atoms with Gasteiger partial charge < -0.3 is 9.63 Å². The summed E-state index contributed by atoms with van der Waals surface area (Å²) in [5.41, 5.74) is 0. The molecule has 0 saturated heterocycles. The molecule has 0 spiro atoms. The van der Waals surface area contributed by atoms with Crippen LogP contribution in [0.4, 0.5) is 0 Å². The minimum absolute atomic E-state index is 0.251. The van der Waals surface area contributed by atoms with Crippen molar-refractivity contribution in [2.24, 2.45) is 0 Å². The molecule has 0 aliphatic carbocycles. The Bertz CT molecular complexity index is 380. The van der Waals surface area contributed by atoms with E-state index >= 15 is 0 Å². The third-order valence-corrected chi connectivity index (χ3v) is 2.67. The van der Waals surface area contributed by atoms with Gasteiger partial charge in [-0.05, 0) is 12.1 Å². The average molecular weight is 251 g/mol. The lowest BCUT2D eigenvalue weighted by atomic mass is 10.3. The number of carboxylic acids is 1. The van der Waals surface area contributed by atoms with Gasteiger partial charge in [0.05, 0.1) is 0 Å². The van der Waals surface area contributed by atoms with Gasteiger partial charge in [-0.2, -0.15) is 0 Å². The van der Waals surface area contributed by atoms with Crippen LogP contribution in [-0.4, -0.2) is 17.7 Å². The summed E-state index contributed by atoms with van der Waals surface area (Å²) in [6.45, 7) is -4.65. The van der Waals surface area contributed by atoms with Crippen molar-refractivity contribution in [2.75, 3.05) is 6.61 Å². The topological polar surface area (TPSA) is 72.8 Å². The summed E-state index contributed by atoms with van der Waals surface area (Å²) in [6.07, 6.45) is 0. The number of benzene rings is 1. The Morgan fingerprint density at radius 2 is 2.00 bits per heavy atom. The summed E-state index contributed by atoms with van der Waals surface area (Å²) in [5.74, 6) is -1.02. The first-order chi connectivity index (χ1) is 6.99. The number of para-hydroxylation sites is 1. The van der Waals surface area contributed by atoms with Crippen LogP contribution in [0.2, 0.25) is 0 Å². The molecule has 0 aliphatic rings. The van der Waals surface area contributed by atoms with E-state index in [1.165, 1.54) is 12.1 Å². The molecule has 7 heteroatoms. The van der Waals surface area contributed by atoms with E-state index in [2.05, 4.69) is 4.52 Å². The van der Waals surface area contributed by atoms with Crippen LogP contribution in [0.1, 0.15) is 0 Å². The van der Waals surface area contributed by atoms with Crippen LogP contribution in [-0.2, 0) is 13.9 Å². The van der Waals surface area contributed by atoms with Gasteiger partial charge in [-0.15, -0.1) is 0 Å². The summed E-state index contributed by atoms with van der Waals surface area (Å²) in [7, 11) is 0. The number of aliphatic carboxylic acids is 1. The van der Waals surface area contributed by atoms with Gasteiger partial charge in [0.25, 0.3) is 0 Å². The Labute approximate surface area is 90.9 Å². The molecule has 0 fully saturated rings. The molecular formula is C8H8ClO5P. The largest absolute Gasteiger partial charge is 0.480 e. The van der Waals surface area contributed by atoms with Gasteiger partial charge >= 0.3 is 12.9 Å². The van der Waals surface area contributed by atoms with Crippen molar-refractivity contribution in [1.29, 1.82) is 0 Å². The summed E-state index contributed by atoms with van der Waals surface area (Å²) in [5, 5.41) is 8.28. The van der Waals surface area contributed by atoms with Gasteiger partial charge in [0.15, 0.2) is 6.61 Å². The predicted octanol–water partition coefficient (Wildman–Crippen LogP) is 2.51. The third-order valence-electron chi connectivity index (χ3n) is 1.30. The van der Waals surface area contributed by atoms with Gasteiger partial charge in [-0.25, -0.2) is 9.36 Å². The van der Waals surface area contributed by atoms with Crippen molar-refractivity contribution in [1.82, 2.24) is 0 Å². The monoisotopic (exact) mass is 250 g/mol. The second-order valence-corrected chi connectivity index (χ2v) is 5.05. The minimum Gasteiger partial charge on any atom is -0.480 e. The molecule has 1 aromatic rings. The standard InChI is InChI=1S/C8H8ClO5P/c9-15(12,13-6-8(10)11)14-7-4-2-1-3-5-7/h1-5H,6H2,(H,10,11). The average Bonchev–Trinajstić information content (AvgIpc) is 2.16. The fraction of sp³-hybridized carbons (Fsp3) is 0.125. The minimum atomic E-state index is -3.88. The maximum atomic E-state index is 11.3. The molecule has 0 amide bonds. The van der Waals surface area contributed by atoms with E-state index in [0.717, 1.165) is 0 Å². The summed E-state index contributed by atoms with van der Waals surface area (Å²) in [6, 6.07) is 8.11. The first kappa shape index (κ1) is 12.0. The Morgan fingerprint density at radius 3 is 2.53 bits per heavy atom. The second kappa shape index (κ2) is 5.16. The Balaban J connectivity index is 2.57. The highest BCUT2D eigenvalue weighted by molar-refractivity contribution is 7.81. The number of carboxylic acid groups (broad SMARTS) is 1.